The number of fused-ring (bicyclic) bond motifs is 1. The van der Waals surface area contributed by atoms with Gasteiger partial charge in [-0.15, -0.1) is 0 Å². The van der Waals surface area contributed by atoms with E-state index in [4.69, 9.17) is 10.9 Å². The van der Waals surface area contributed by atoms with E-state index in [9.17, 15) is 0 Å². The molecule has 0 spiro atoms. The van der Waals surface area contributed by atoms with Gasteiger partial charge in [-0.3, -0.25) is 16.0 Å². The molecule has 1 aromatic carbocycles. The summed E-state index contributed by atoms with van der Waals surface area (Å²) in [6.45, 7) is 7.47. The van der Waals surface area contributed by atoms with Crippen LogP contribution in [0.15, 0.2) is 24.3 Å². The van der Waals surface area contributed by atoms with Crippen molar-refractivity contribution in [2.24, 2.45) is 11.8 Å². The fourth-order valence-corrected chi connectivity index (χ4v) is 3.02. The number of hydrogen-bond acceptors (Lipinski definition) is 3. The van der Waals surface area contributed by atoms with Gasteiger partial charge in [0.1, 0.15) is 0 Å². The first kappa shape index (κ1) is 15.0. The molecule has 20 heavy (non-hydrogen) atoms. The van der Waals surface area contributed by atoms with Crippen molar-refractivity contribution in [2.45, 2.75) is 52.6 Å². The maximum absolute atomic E-state index is 5.77. The van der Waals surface area contributed by atoms with Crippen molar-refractivity contribution in [3.63, 3.8) is 0 Å². The fourth-order valence-electron chi connectivity index (χ4n) is 3.02. The van der Waals surface area contributed by atoms with Crippen LogP contribution in [0.4, 0.5) is 0 Å². The third-order valence-electron chi connectivity index (χ3n) is 4.28. The molecule has 3 N–H and O–H groups in total. The van der Waals surface area contributed by atoms with E-state index >= 15 is 0 Å². The Morgan fingerprint density at radius 1 is 1.20 bits per heavy atom. The average molecular weight is 274 g/mol. The van der Waals surface area contributed by atoms with E-state index in [1.54, 1.807) is 0 Å². The number of aryl methyl sites for hydroxylation is 1. The van der Waals surface area contributed by atoms with Crippen LogP contribution >= 0.6 is 0 Å². The lowest BCUT2D eigenvalue weighted by molar-refractivity contribution is 0.333. The minimum atomic E-state index is 0.286. The second-order valence-electron chi connectivity index (χ2n) is 5.33. The molecule has 4 nitrogen and oxygen atoms in total. The maximum Gasteiger partial charge on any atom is 0.0719 e. The van der Waals surface area contributed by atoms with Gasteiger partial charge in [0.15, 0.2) is 0 Å². The zero-order chi connectivity index (χ0) is 14.5. The van der Waals surface area contributed by atoms with E-state index in [1.807, 2.05) is 0 Å². The van der Waals surface area contributed by atoms with Gasteiger partial charge in [0.2, 0.25) is 0 Å². The number of nitrogens with one attached hydrogen (secondary N) is 1. The highest BCUT2D eigenvalue weighted by Gasteiger charge is 2.20. The molecule has 0 aliphatic rings. The van der Waals surface area contributed by atoms with Gasteiger partial charge in [-0.1, -0.05) is 44.9 Å². The average Bonchev–Trinajstić information content (AvgIpc) is 2.85. The number of nitrogens with zero attached hydrogens (tertiary/aromatic N) is 2. The smallest absolute Gasteiger partial charge is 0.0719 e. The number of hydrogen-bond donors (Lipinski definition) is 2. The zero-order valence-corrected chi connectivity index (χ0v) is 12.8. The quantitative estimate of drug-likeness (QED) is 0.603. The second-order valence-corrected chi connectivity index (χ2v) is 5.33. The van der Waals surface area contributed by atoms with E-state index in [1.165, 1.54) is 10.9 Å². The van der Waals surface area contributed by atoms with Gasteiger partial charge in [0.25, 0.3) is 0 Å². The Morgan fingerprint density at radius 2 is 1.90 bits per heavy atom. The van der Waals surface area contributed by atoms with Crippen LogP contribution in [0.1, 0.15) is 39.3 Å². The van der Waals surface area contributed by atoms with Crippen LogP contribution in [0.2, 0.25) is 0 Å². The summed E-state index contributed by atoms with van der Waals surface area (Å²) in [6, 6.07) is 8.73. The monoisotopic (exact) mass is 274 g/mol. The van der Waals surface area contributed by atoms with Crippen LogP contribution in [0, 0.1) is 5.92 Å². The SMILES string of the molecule is CCC(CC)C(Cc1nn(CC)c2ccccc12)NN. The number of rotatable bonds is 7. The summed E-state index contributed by atoms with van der Waals surface area (Å²) in [7, 11) is 0. The Morgan fingerprint density at radius 3 is 2.50 bits per heavy atom. The molecule has 0 aliphatic carbocycles. The lowest BCUT2D eigenvalue weighted by atomic mass is 9.91. The molecule has 1 aromatic heterocycles. The molecule has 0 bridgehead atoms. The van der Waals surface area contributed by atoms with Crippen molar-refractivity contribution in [1.29, 1.82) is 0 Å². The standard InChI is InChI=1S/C16H26N4/c1-4-12(5-2)14(18-17)11-15-13-9-7-8-10-16(13)20(6-3)19-15/h7-10,12,14,18H,4-6,11,17H2,1-3H3. The van der Waals surface area contributed by atoms with Gasteiger partial charge in [0, 0.05) is 24.4 Å². The summed E-state index contributed by atoms with van der Waals surface area (Å²) in [6.07, 6.45) is 3.16. The molecule has 0 saturated heterocycles. The van der Waals surface area contributed by atoms with Crippen LogP contribution in [-0.4, -0.2) is 15.8 Å². The lowest BCUT2D eigenvalue weighted by Gasteiger charge is -2.23. The zero-order valence-electron chi connectivity index (χ0n) is 12.8. The highest BCUT2D eigenvalue weighted by molar-refractivity contribution is 5.82. The molecule has 0 saturated carbocycles. The summed E-state index contributed by atoms with van der Waals surface area (Å²) < 4.78 is 2.07. The molecule has 110 valence electrons. The summed E-state index contributed by atoms with van der Waals surface area (Å²) >= 11 is 0. The van der Waals surface area contributed by atoms with E-state index in [0.717, 1.165) is 31.5 Å². The predicted octanol–water partition coefficient (Wildman–Crippen LogP) is 2.87. The third kappa shape index (κ3) is 2.86. The molecular weight excluding hydrogens is 248 g/mol. The third-order valence-corrected chi connectivity index (χ3v) is 4.28. The summed E-state index contributed by atoms with van der Waals surface area (Å²) in [5.74, 6) is 6.36. The van der Waals surface area contributed by atoms with Crippen LogP contribution in [-0.2, 0) is 13.0 Å². The van der Waals surface area contributed by atoms with E-state index in [-0.39, 0.29) is 6.04 Å². The van der Waals surface area contributed by atoms with Crippen LogP contribution < -0.4 is 11.3 Å². The van der Waals surface area contributed by atoms with Gasteiger partial charge in [-0.25, -0.2) is 0 Å². The maximum atomic E-state index is 5.77. The molecule has 0 radical (unpaired) electrons. The molecule has 2 aromatic rings. The molecule has 2 rings (SSSR count). The van der Waals surface area contributed by atoms with Crippen molar-refractivity contribution in [2.75, 3.05) is 0 Å². The van der Waals surface area contributed by atoms with Crippen LogP contribution in [0.3, 0.4) is 0 Å². The van der Waals surface area contributed by atoms with E-state index in [0.29, 0.717) is 5.92 Å². The van der Waals surface area contributed by atoms with Gasteiger partial charge >= 0.3 is 0 Å². The van der Waals surface area contributed by atoms with Gasteiger partial charge in [-0.05, 0) is 18.9 Å². The van der Waals surface area contributed by atoms with Crippen LogP contribution in [0.25, 0.3) is 10.9 Å². The van der Waals surface area contributed by atoms with Gasteiger partial charge in [0.05, 0.1) is 11.2 Å². The van der Waals surface area contributed by atoms with E-state index in [2.05, 4.69) is 55.1 Å². The Hall–Kier alpha value is -1.39. The van der Waals surface area contributed by atoms with Crippen molar-refractivity contribution < 1.29 is 0 Å². The highest BCUT2D eigenvalue weighted by Crippen LogP contribution is 2.23. The number of aromatic nitrogens is 2. The van der Waals surface area contributed by atoms with Gasteiger partial charge < -0.3 is 0 Å². The normalized spacial score (nSPS) is 13.2. The van der Waals surface area contributed by atoms with Crippen LogP contribution in [0.5, 0.6) is 0 Å². The van der Waals surface area contributed by atoms with Crippen molar-refractivity contribution in [3.8, 4) is 0 Å². The molecule has 0 fully saturated rings. The highest BCUT2D eigenvalue weighted by atomic mass is 15.3. The van der Waals surface area contributed by atoms with Gasteiger partial charge in [-0.2, -0.15) is 5.10 Å². The Bertz CT molecular complexity index is 542. The lowest BCUT2D eigenvalue weighted by Crippen LogP contribution is -2.42. The molecule has 1 atom stereocenters. The topological polar surface area (TPSA) is 55.9 Å². The predicted molar refractivity (Wildman–Crippen MR) is 84.3 cm³/mol. The Labute approximate surface area is 121 Å². The molecule has 1 heterocycles. The fraction of sp³-hybridized carbons (Fsp3) is 0.562. The largest absolute Gasteiger partial charge is 0.271 e. The first-order valence-electron chi connectivity index (χ1n) is 7.65. The number of benzene rings is 1. The summed E-state index contributed by atoms with van der Waals surface area (Å²) in [5, 5.41) is 6.02. The summed E-state index contributed by atoms with van der Waals surface area (Å²) in [4.78, 5) is 0. The molecular formula is C16H26N4. The summed E-state index contributed by atoms with van der Waals surface area (Å²) in [5.41, 5.74) is 5.36. The van der Waals surface area contributed by atoms with E-state index < -0.39 is 0 Å². The molecule has 1 unspecified atom stereocenters. The number of nitrogens with two attached hydrogens (primary N) is 1. The number of para-hydroxylation sites is 1. The second kappa shape index (κ2) is 6.86. The molecule has 4 heteroatoms. The molecule has 0 aliphatic heterocycles. The molecule has 0 amide bonds. The Balaban J connectivity index is 2.33. The number of hydrazine groups is 1. The van der Waals surface area contributed by atoms with Crippen molar-refractivity contribution >= 4 is 10.9 Å². The van der Waals surface area contributed by atoms with Crippen molar-refractivity contribution in [3.05, 3.63) is 30.0 Å². The Kier molecular flexibility index (Phi) is 5.15. The van der Waals surface area contributed by atoms with Crippen molar-refractivity contribution in [1.82, 2.24) is 15.2 Å². The minimum Gasteiger partial charge on any atom is -0.271 e. The minimum absolute atomic E-state index is 0.286. The first-order valence-corrected chi connectivity index (χ1v) is 7.65. The first-order chi connectivity index (χ1) is 9.74.